The number of rotatable bonds is 4. The van der Waals surface area contributed by atoms with Gasteiger partial charge in [0.2, 0.25) is 0 Å². The molecule has 0 aliphatic heterocycles. The molecule has 0 heterocycles. The number of amides is 1. The Kier molecular flexibility index (Phi) is 4.84. The Morgan fingerprint density at radius 1 is 1.20 bits per heavy atom. The van der Waals surface area contributed by atoms with E-state index < -0.39 is 0 Å². The second kappa shape index (κ2) is 6.60. The number of nitrogens with one attached hydrogen (secondary N) is 1. The zero-order valence-electron chi connectivity index (χ0n) is 10.8. The maximum absolute atomic E-state index is 12.0. The highest BCUT2D eigenvalue weighted by Crippen LogP contribution is 2.19. The summed E-state index contributed by atoms with van der Waals surface area (Å²) in [6.07, 6.45) is 0.719. The van der Waals surface area contributed by atoms with Crippen LogP contribution < -0.4 is 11.1 Å². The van der Waals surface area contributed by atoms with Crippen LogP contribution >= 0.6 is 22.6 Å². The van der Waals surface area contributed by atoms with Crippen LogP contribution in [0, 0.1) is 3.57 Å². The van der Waals surface area contributed by atoms with Crippen LogP contribution in [0.4, 0.5) is 5.69 Å². The maximum atomic E-state index is 12.0. The second-order valence-electron chi connectivity index (χ2n) is 4.41. The van der Waals surface area contributed by atoms with Gasteiger partial charge in [-0.2, -0.15) is 0 Å². The monoisotopic (exact) mass is 382 g/mol. The minimum absolute atomic E-state index is 0.00426. The van der Waals surface area contributed by atoms with E-state index in [-0.39, 0.29) is 11.7 Å². The summed E-state index contributed by atoms with van der Waals surface area (Å²) < 4.78 is 0.907. The van der Waals surface area contributed by atoms with Gasteiger partial charge in [0.05, 0.1) is 5.56 Å². The van der Waals surface area contributed by atoms with E-state index in [1.54, 1.807) is 12.1 Å². The minimum Gasteiger partial charge on any atom is -0.507 e. The fourth-order valence-corrected chi connectivity index (χ4v) is 2.28. The molecule has 0 fully saturated rings. The molecule has 1 amide bonds. The summed E-state index contributed by atoms with van der Waals surface area (Å²) in [7, 11) is 0. The van der Waals surface area contributed by atoms with Gasteiger partial charge < -0.3 is 16.2 Å². The second-order valence-corrected chi connectivity index (χ2v) is 5.65. The van der Waals surface area contributed by atoms with Crippen LogP contribution in [-0.4, -0.2) is 17.6 Å². The predicted molar refractivity (Wildman–Crippen MR) is 87.7 cm³/mol. The van der Waals surface area contributed by atoms with E-state index >= 15 is 0 Å². The Morgan fingerprint density at radius 3 is 2.60 bits per heavy atom. The topological polar surface area (TPSA) is 75.3 Å². The van der Waals surface area contributed by atoms with Crippen molar-refractivity contribution in [3.63, 3.8) is 0 Å². The summed E-state index contributed by atoms with van der Waals surface area (Å²) in [5.74, 6) is -0.271. The third-order valence-electron chi connectivity index (χ3n) is 2.88. The van der Waals surface area contributed by atoms with Gasteiger partial charge in [0.1, 0.15) is 5.75 Å². The van der Waals surface area contributed by atoms with Crippen molar-refractivity contribution in [3.05, 3.63) is 57.2 Å². The molecule has 0 aliphatic carbocycles. The lowest BCUT2D eigenvalue weighted by molar-refractivity contribution is 0.0951. The summed E-state index contributed by atoms with van der Waals surface area (Å²) >= 11 is 2.10. The average Bonchev–Trinajstić information content (AvgIpc) is 2.43. The summed E-state index contributed by atoms with van der Waals surface area (Å²) in [6.45, 7) is 0.508. The van der Waals surface area contributed by atoms with E-state index in [1.807, 2.05) is 24.3 Å². The van der Waals surface area contributed by atoms with Crippen molar-refractivity contribution in [2.75, 3.05) is 12.3 Å². The molecule has 20 heavy (non-hydrogen) atoms. The van der Waals surface area contributed by atoms with Crippen molar-refractivity contribution < 1.29 is 9.90 Å². The molecule has 5 heteroatoms. The molecular formula is C15H15IN2O2. The van der Waals surface area contributed by atoms with Crippen LogP contribution in [0.2, 0.25) is 0 Å². The van der Waals surface area contributed by atoms with E-state index in [0.717, 1.165) is 21.2 Å². The van der Waals surface area contributed by atoms with Gasteiger partial charge in [-0.3, -0.25) is 4.79 Å². The number of nitrogens with two attached hydrogens (primary N) is 1. The summed E-state index contributed by atoms with van der Waals surface area (Å²) in [6, 6.07) is 12.5. The third kappa shape index (κ3) is 3.86. The summed E-state index contributed by atoms with van der Waals surface area (Å²) in [5, 5.41) is 12.5. The molecular weight excluding hydrogens is 367 g/mol. The minimum atomic E-state index is -0.267. The number of carbonyl (C=O) groups is 1. The molecule has 0 spiro atoms. The fourth-order valence-electron chi connectivity index (χ4n) is 1.79. The molecule has 0 saturated heterocycles. The number of aromatic hydroxyl groups is 1. The van der Waals surface area contributed by atoms with Gasteiger partial charge in [0, 0.05) is 15.8 Å². The fraction of sp³-hybridized carbons (Fsp3) is 0.133. The first-order chi connectivity index (χ1) is 9.56. The van der Waals surface area contributed by atoms with Gasteiger partial charge in [-0.1, -0.05) is 12.1 Å². The Hall–Kier alpha value is -1.76. The normalized spacial score (nSPS) is 10.2. The van der Waals surface area contributed by atoms with Gasteiger partial charge in [-0.05, 0) is 64.9 Å². The van der Waals surface area contributed by atoms with E-state index in [0.29, 0.717) is 12.1 Å². The molecule has 0 bridgehead atoms. The molecule has 104 valence electrons. The first-order valence-corrected chi connectivity index (χ1v) is 7.25. The summed E-state index contributed by atoms with van der Waals surface area (Å²) in [4.78, 5) is 12.0. The summed E-state index contributed by atoms with van der Waals surface area (Å²) in [5.41, 5.74) is 7.74. The van der Waals surface area contributed by atoms with Crippen molar-refractivity contribution in [1.82, 2.24) is 5.32 Å². The van der Waals surface area contributed by atoms with Crippen molar-refractivity contribution in [3.8, 4) is 5.75 Å². The smallest absolute Gasteiger partial charge is 0.255 e. The number of halogens is 1. The first kappa shape index (κ1) is 14.6. The van der Waals surface area contributed by atoms with Gasteiger partial charge in [-0.15, -0.1) is 0 Å². The molecule has 4 nitrogen and oxygen atoms in total. The maximum Gasteiger partial charge on any atom is 0.255 e. The van der Waals surface area contributed by atoms with Crippen molar-refractivity contribution in [2.24, 2.45) is 0 Å². The van der Waals surface area contributed by atoms with Crippen molar-refractivity contribution in [2.45, 2.75) is 6.42 Å². The number of nitrogen functional groups attached to an aromatic ring is 1. The Morgan fingerprint density at radius 2 is 1.90 bits per heavy atom. The van der Waals surface area contributed by atoms with Gasteiger partial charge in [0.25, 0.3) is 5.91 Å². The number of hydrogen-bond donors (Lipinski definition) is 3. The number of carbonyl (C=O) groups excluding carboxylic acids is 1. The van der Waals surface area contributed by atoms with E-state index in [2.05, 4.69) is 27.9 Å². The molecule has 0 aliphatic rings. The molecule has 2 aromatic carbocycles. The zero-order chi connectivity index (χ0) is 14.5. The van der Waals surface area contributed by atoms with Crippen LogP contribution in [0.25, 0.3) is 0 Å². The molecule has 0 saturated carbocycles. The first-order valence-electron chi connectivity index (χ1n) is 6.17. The quantitative estimate of drug-likeness (QED) is 0.562. The van der Waals surface area contributed by atoms with Crippen molar-refractivity contribution in [1.29, 1.82) is 0 Å². The van der Waals surface area contributed by atoms with Gasteiger partial charge in [-0.25, -0.2) is 0 Å². The van der Waals surface area contributed by atoms with Crippen LogP contribution in [-0.2, 0) is 6.42 Å². The molecule has 2 rings (SSSR count). The largest absolute Gasteiger partial charge is 0.507 e. The number of benzene rings is 2. The molecule has 0 radical (unpaired) electrons. The van der Waals surface area contributed by atoms with Crippen molar-refractivity contribution >= 4 is 34.2 Å². The zero-order valence-corrected chi connectivity index (χ0v) is 12.9. The molecule has 2 aromatic rings. The Balaban J connectivity index is 1.92. The van der Waals surface area contributed by atoms with Gasteiger partial charge >= 0.3 is 0 Å². The number of phenols is 1. The lowest BCUT2D eigenvalue weighted by atomic mass is 10.1. The highest BCUT2D eigenvalue weighted by atomic mass is 127. The third-order valence-corrected chi connectivity index (χ3v) is 3.55. The molecule has 4 N–H and O–H groups in total. The van der Waals surface area contributed by atoms with Crippen LogP contribution in [0.15, 0.2) is 42.5 Å². The predicted octanol–water partition coefficient (Wildman–Crippen LogP) is 2.55. The number of phenolic OH excluding ortho intramolecular Hbond substituents is 1. The van der Waals surface area contributed by atoms with Crippen LogP contribution in [0.5, 0.6) is 5.75 Å². The Labute approximate surface area is 131 Å². The number of anilines is 1. The lowest BCUT2D eigenvalue weighted by Crippen LogP contribution is -2.25. The average molecular weight is 382 g/mol. The highest BCUT2D eigenvalue weighted by molar-refractivity contribution is 14.1. The molecule has 0 unspecified atom stereocenters. The van der Waals surface area contributed by atoms with Gasteiger partial charge in [0.15, 0.2) is 0 Å². The van der Waals surface area contributed by atoms with Crippen LogP contribution in [0.3, 0.4) is 0 Å². The molecule has 0 atom stereocenters. The highest BCUT2D eigenvalue weighted by Gasteiger charge is 2.10. The Bertz CT molecular complexity index is 612. The van der Waals surface area contributed by atoms with E-state index in [1.165, 1.54) is 6.07 Å². The van der Waals surface area contributed by atoms with E-state index in [4.69, 9.17) is 5.73 Å². The standard InChI is InChI=1S/C15H15IN2O2/c16-11-3-6-14(19)13(9-11)15(20)18-8-7-10-1-4-12(17)5-2-10/h1-6,9,19H,7-8,17H2,(H,18,20). The number of hydrogen-bond acceptors (Lipinski definition) is 3. The van der Waals surface area contributed by atoms with Crippen LogP contribution in [0.1, 0.15) is 15.9 Å². The van der Waals surface area contributed by atoms with E-state index in [9.17, 15) is 9.90 Å². The SMILES string of the molecule is Nc1ccc(CCNC(=O)c2cc(I)ccc2O)cc1. The molecule has 0 aromatic heterocycles. The lowest BCUT2D eigenvalue weighted by Gasteiger charge is -2.07.